The Morgan fingerprint density at radius 3 is 1.49 bits per heavy atom. The van der Waals surface area contributed by atoms with Gasteiger partial charge in [-0.05, 0) is 102 Å². The SMILES string of the molecule is CC(C)NC(CCC(=O)OCCSSCCOC(=O)CCC(NC(C)(C)C)C(=O)C(C)(C)C)C(=O)C(C)(C)N(C(C)C)C(CCC(=O)OC(C)(C)CCOC(C)(C)C)C(=O)C(C)C. The van der Waals surface area contributed by atoms with Crippen molar-refractivity contribution < 1.29 is 47.7 Å². The number of nitrogens with zero attached hydrogens (tertiary/aromatic N) is 1. The molecule has 0 aliphatic carbocycles. The van der Waals surface area contributed by atoms with E-state index in [-0.39, 0.29) is 97.8 Å². The molecule has 2 N–H and O–H groups in total. The predicted molar refractivity (Wildman–Crippen MR) is 258 cm³/mol. The van der Waals surface area contributed by atoms with Gasteiger partial charge in [-0.2, -0.15) is 0 Å². The normalized spacial score (nSPS) is 14.5. The monoisotopic (exact) mass is 932 g/mol. The van der Waals surface area contributed by atoms with Crippen molar-refractivity contribution in [3.8, 4) is 0 Å². The molecular weight excluding hydrogens is 843 g/mol. The lowest BCUT2D eigenvalue weighted by molar-refractivity contribution is -0.160. The number of hydrogen-bond donors (Lipinski definition) is 2. The molecule has 0 saturated heterocycles. The van der Waals surface area contributed by atoms with Crippen LogP contribution in [0.15, 0.2) is 0 Å². The van der Waals surface area contributed by atoms with Gasteiger partial charge in [-0.25, -0.2) is 0 Å². The van der Waals surface area contributed by atoms with Crippen molar-refractivity contribution in [2.45, 2.75) is 229 Å². The lowest BCUT2D eigenvalue weighted by Crippen LogP contribution is -2.64. The highest BCUT2D eigenvalue weighted by atomic mass is 33.1. The molecular formula is C48H89N3O10S2. The zero-order valence-corrected chi connectivity index (χ0v) is 44.4. The molecule has 15 heteroatoms. The number of ketones is 3. The standard InChI is InChI=1S/C48H89N3O10S2/c1-32(2)41(55)37(22-25-40(54)61-47(16,17)26-27-60-46(13,14)15)51(34(5)6)48(18,19)43(57)35(49-33(3)4)20-23-38(52)58-28-30-62-63-31-29-59-39(53)24-21-36(50-45(10,11)12)42(56)44(7,8)9/h32-37,49-50H,20-31H2,1-19H3. The Labute approximate surface area is 390 Å². The second-order valence-corrected chi connectivity index (χ2v) is 24.3. The molecule has 0 saturated carbocycles. The Morgan fingerprint density at radius 2 is 1.08 bits per heavy atom. The van der Waals surface area contributed by atoms with E-state index in [0.29, 0.717) is 31.0 Å². The first-order chi connectivity index (χ1) is 28.6. The van der Waals surface area contributed by atoms with Crippen molar-refractivity contribution in [3.63, 3.8) is 0 Å². The first-order valence-corrected chi connectivity index (χ1v) is 25.5. The third-order valence-electron chi connectivity index (χ3n) is 10.0. The van der Waals surface area contributed by atoms with Crippen LogP contribution in [0.4, 0.5) is 0 Å². The van der Waals surface area contributed by atoms with Gasteiger partial charge in [0.25, 0.3) is 0 Å². The van der Waals surface area contributed by atoms with Crippen molar-refractivity contribution >= 4 is 56.8 Å². The Bertz CT molecular complexity index is 1440. The van der Waals surface area contributed by atoms with Crippen LogP contribution in [0.3, 0.4) is 0 Å². The maximum atomic E-state index is 14.5. The van der Waals surface area contributed by atoms with Crippen LogP contribution >= 0.6 is 21.6 Å². The van der Waals surface area contributed by atoms with E-state index in [0.717, 1.165) is 0 Å². The van der Waals surface area contributed by atoms with Crippen molar-refractivity contribution in [3.05, 3.63) is 0 Å². The van der Waals surface area contributed by atoms with Gasteiger partial charge in [0.2, 0.25) is 0 Å². The molecule has 0 rings (SSSR count). The maximum absolute atomic E-state index is 14.5. The number of Topliss-reactive ketones (excluding diaryl/α,β-unsaturated/α-hetero) is 3. The summed E-state index contributed by atoms with van der Waals surface area (Å²) in [5.41, 5.74) is -3.02. The fourth-order valence-electron chi connectivity index (χ4n) is 7.19. The number of ether oxygens (including phenoxy) is 4. The zero-order chi connectivity index (χ0) is 49.1. The molecule has 13 nitrogen and oxygen atoms in total. The highest BCUT2D eigenvalue weighted by Gasteiger charge is 2.45. The number of esters is 3. The molecule has 0 heterocycles. The number of rotatable bonds is 31. The van der Waals surface area contributed by atoms with Crippen LogP contribution in [0.25, 0.3) is 0 Å². The van der Waals surface area contributed by atoms with E-state index in [1.54, 1.807) is 0 Å². The van der Waals surface area contributed by atoms with Crippen LogP contribution < -0.4 is 10.6 Å². The van der Waals surface area contributed by atoms with Crippen LogP contribution in [-0.2, 0) is 47.7 Å². The van der Waals surface area contributed by atoms with Gasteiger partial charge in [0.1, 0.15) is 18.8 Å². The van der Waals surface area contributed by atoms with Crippen molar-refractivity contribution in [2.24, 2.45) is 11.3 Å². The Hall–Kier alpha value is -2.04. The number of carbonyl (C=O) groups excluding carboxylic acids is 6. The molecule has 0 bridgehead atoms. The quantitative estimate of drug-likeness (QED) is 0.0293. The Balaban J connectivity index is 5.33. The summed E-state index contributed by atoms with van der Waals surface area (Å²) in [5.74, 6) is -0.585. The highest BCUT2D eigenvalue weighted by Crippen LogP contribution is 2.30. The zero-order valence-electron chi connectivity index (χ0n) is 42.8. The van der Waals surface area contributed by atoms with Crippen molar-refractivity contribution in [2.75, 3.05) is 31.3 Å². The number of nitrogens with one attached hydrogen (secondary N) is 2. The minimum absolute atomic E-state index is 0.00245. The minimum atomic E-state index is -1.15. The lowest BCUT2D eigenvalue weighted by Gasteiger charge is -2.46. The molecule has 0 aliphatic rings. The average molecular weight is 932 g/mol. The third-order valence-corrected chi connectivity index (χ3v) is 12.4. The summed E-state index contributed by atoms with van der Waals surface area (Å²) in [7, 11) is 3.01. The van der Waals surface area contributed by atoms with Gasteiger partial charge in [-0.1, -0.05) is 70.1 Å². The molecule has 3 unspecified atom stereocenters. The van der Waals surface area contributed by atoms with Gasteiger partial charge in [0, 0.05) is 66.1 Å². The highest BCUT2D eigenvalue weighted by molar-refractivity contribution is 8.76. The van der Waals surface area contributed by atoms with E-state index in [4.69, 9.17) is 18.9 Å². The molecule has 0 fully saturated rings. The first-order valence-electron chi connectivity index (χ1n) is 23.0. The molecule has 0 radical (unpaired) electrons. The van der Waals surface area contributed by atoms with Crippen LogP contribution in [0.1, 0.15) is 176 Å². The third kappa shape index (κ3) is 26.0. The molecule has 3 atom stereocenters. The van der Waals surface area contributed by atoms with Crippen LogP contribution in [0.2, 0.25) is 0 Å². The van der Waals surface area contributed by atoms with Gasteiger partial charge in [-0.3, -0.25) is 33.7 Å². The van der Waals surface area contributed by atoms with Crippen molar-refractivity contribution in [1.82, 2.24) is 15.5 Å². The Morgan fingerprint density at radius 1 is 0.603 bits per heavy atom. The van der Waals surface area contributed by atoms with Crippen molar-refractivity contribution in [1.29, 1.82) is 0 Å². The molecule has 63 heavy (non-hydrogen) atoms. The molecule has 0 aromatic carbocycles. The predicted octanol–water partition coefficient (Wildman–Crippen LogP) is 8.71. The van der Waals surface area contributed by atoms with E-state index in [2.05, 4.69) is 10.6 Å². The van der Waals surface area contributed by atoms with E-state index in [1.807, 2.05) is 136 Å². The van der Waals surface area contributed by atoms with Gasteiger partial charge in [0.05, 0.1) is 35.9 Å². The summed E-state index contributed by atoms with van der Waals surface area (Å²) in [6.45, 7) is 37.1. The summed E-state index contributed by atoms with van der Waals surface area (Å²) in [6.07, 6.45) is 1.44. The molecule has 0 spiro atoms. The topological polar surface area (TPSA) is 167 Å². The number of carbonyl (C=O) groups is 6. The average Bonchev–Trinajstić information content (AvgIpc) is 3.11. The summed E-state index contributed by atoms with van der Waals surface area (Å²) >= 11 is 0. The molecule has 0 aromatic rings. The molecule has 368 valence electrons. The molecule has 0 aromatic heterocycles. The summed E-state index contributed by atoms with van der Waals surface area (Å²) < 4.78 is 22.6. The second-order valence-electron chi connectivity index (χ2n) is 21.6. The Kier molecular flexibility index (Phi) is 26.7. The van der Waals surface area contributed by atoms with E-state index in [9.17, 15) is 28.8 Å². The second kappa shape index (κ2) is 27.6. The fraction of sp³-hybridized carbons (Fsp3) is 0.875. The van der Waals surface area contributed by atoms with E-state index < -0.39 is 46.6 Å². The largest absolute Gasteiger partial charge is 0.465 e. The van der Waals surface area contributed by atoms with E-state index >= 15 is 0 Å². The van der Waals surface area contributed by atoms with E-state index in [1.165, 1.54) is 21.6 Å². The summed E-state index contributed by atoms with van der Waals surface area (Å²) in [5, 5.41) is 6.69. The smallest absolute Gasteiger partial charge is 0.306 e. The fourth-order valence-corrected chi connectivity index (χ4v) is 8.85. The first kappa shape index (κ1) is 61.0. The maximum Gasteiger partial charge on any atom is 0.306 e. The van der Waals surface area contributed by atoms with Gasteiger partial charge >= 0.3 is 17.9 Å². The molecule has 0 amide bonds. The van der Waals surface area contributed by atoms with Crippen LogP contribution in [-0.4, -0.2) is 124 Å². The van der Waals surface area contributed by atoms with Gasteiger partial charge in [0.15, 0.2) is 17.3 Å². The number of hydrogen-bond acceptors (Lipinski definition) is 15. The molecule has 0 aliphatic heterocycles. The minimum Gasteiger partial charge on any atom is -0.465 e. The van der Waals surface area contributed by atoms with Gasteiger partial charge < -0.3 is 29.6 Å². The summed E-state index contributed by atoms with van der Waals surface area (Å²) in [4.78, 5) is 81.8. The van der Waals surface area contributed by atoms with Crippen LogP contribution in [0, 0.1) is 11.3 Å². The van der Waals surface area contributed by atoms with Gasteiger partial charge in [-0.15, -0.1) is 0 Å². The lowest BCUT2D eigenvalue weighted by atomic mass is 9.84. The van der Waals surface area contributed by atoms with Crippen LogP contribution in [0.5, 0.6) is 0 Å². The summed E-state index contributed by atoms with van der Waals surface area (Å²) in [6, 6.07) is -2.16.